The fourth-order valence-corrected chi connectivity index (χ4v) is 1.75. The number of carbonyl (C=O) groups excluding carboxylic acids is 2. The van der Waals surface area contributed by atoms with Gasteiger partial charge in [-0.3, -0.25) is 4.79 Å². The van der Waals surface area contributed by atoms with Crippen LogP contribution in [-0.2, 0) is 20.8 Å². The molecule has 1 aliphatic heterocycles. The Morgan fingerprint density at radius 3 is 2.72 bits per heavy atom. The summed E-state index contributed by atoms with van der Waals surface area (Å²) in [6, 6.07) is 8.68. The molecule has 2 amide bonds. The molecule has 0 aliphatic carbocycles. The molecule has 0 radical (unpaired) electrons. The summed E-state index contributed by atoms with van der Waals surface area (Å²) in [6.45, 7) is -0.152. The zero-order chi connectivity index (χ0) is 13.0. The molecule has 1 fully saturated rings. The van der Waals surface area contributed by atoms with E-state index < -0.39 is 12.1 Å². The van der Waals surface area contributed by atoms with E-state index in [-0.39, 0.29) is 12.7 Å². The number of rotatable bonds is 4. The molecule has 1 heterocycles. The molecule has 1 aromatic carbocycles. The predicted octanol–water partition coefficient (Wildman–Crippen LogP) is 0.685. The summed E-state index contributed by atoms with van der Waals surface area (Å²) < 4.78 is 4.66. The first-order chi connectivity index (χ1) is 8.72. The van der Waals surface area contributed by atoms with Gasteiger partial charge in [-0.25, -0.2) is 9.63 Å². The average Bonchev–Trinajstić information content (AvgIpc) is 2.82. The number of cyclic esters (lactones) is 1. The van der Waals surface area contributed by atoms with Gasteiger partial charge < -0.3 is 10.1 Å². The number of ether oxygens (including phenoxy) is 1. The van der Waals surface area contributed by atoms with Gasteiger partial charge in [-0.15, -0.1) is 0 Å². The SMILES string of the molecule is CNC(=O)[C@H](Cc1ccccc1)N1OCOC1=O. The van der Waals surface area contributed by atoms with E-state index in [1.54, 1.807) is 0 Å². The van der Waals surface area contributed by atoms with E-state index in [2.05, 4.69) is 10.1 Å². The van der Waals surface area contributed by atoms with E-state index in [9.17, 15) is 9.59 Å². The van der Waals surface area contributed by atoms with Crippen molar-refractivity contribution in [2.45, 2.75) is 12.5 Å². The number of hydrogen-bond acceptors (Lipinski definition) is 4. The van der Waals surface area contributed by atoms with Crippen LogP contribution in [0.3, 0.4) is 0 Å². The molecule has 18 heavy (non-hydrogen) atoms. The largest absolute Gasteiger partial charge is 0.437 e. The molecule has 1 aromatic rings. The molecule has 0 aromatic heterocycles. The third-order valence-electron chi connectivity index (χ3n) is 2.66. The van der Waals surface area contributed by atoms with Gasteiger partial charge in [-0.1, -0.05) is 30.3 Å². The molecule has 96 valence electrons. The molecule has 1 N–H and O–H groups in total. The molecule has 0 unspecified atom stereocenters. The Bertz CT molecular complexity index is 435. The van der Waals surface area contributed by atoms with Crippen molar-refractivity contribution >= 4 is 12.0 Å². The molecular formula is C12H14N2O4. The van der Waals surface area contributed by atoms with E-state index in [1.165, 1.54) is 7.05 Å². The normalized spacial score (nSPS) is 16.3. The summed E-state index contributed by atoms with van der Waals surface area (Å²) >= 11 is 0. The van der Waals surface area contributed by atoms with Crippen LogP contribution in [0.25, 0.3) is 0 Å². The summed E-state index contributed by atoms with van der Waals surface area (Å²) in [6.07, 6.45) is -0.269. The number of carbonyl (C=O) groups is 2. The zero-order valence-corrected chi connectivity index (χ0v) is 9.96. The van der Waals surface area contributed by atoms with Crippen LogP contribution in [0.4, 0.5) is 4.79 Å². The summed E-state index contributed by atoms with van der Waals surface area (Å²) in [5.41, 5.74) is 0.939. The van der Waals surface area contributed by atoms with Crippen molar-refractivity contribution in [3.8, 4) is 0 Å². The van der Waals surface area contributed by atoms with Gasteiger partial charge in [0.25, 0.3) is 0 Å². The van der Waals surface area contributed by atoms with Crippen LogP contribution < -0.4 is 5.32 Å². The van der Waals surface area contributed by atoms with E-state index in [0.29, 0.717) is 6.42 Å². The van der Waals surface area contributed by atoms with Crippen LogP contribution in [0.15, 0.2) is 30.3 Å². The third-order valence-corrected chi connectivity index (χ3v) is 2.66. The standard InChI is InChI=1S/C12H14N2O4/c1-13-11(15)10(14-12(16)17-8-18-14)7-9-5-3-2-4-6-9/h2-6,10H,7-8H2,1H3,(H,13,15)/t10-/m0/s1. The van der Waals surface area contributed by atoms with Gasteiger partial charge in [-0.2, -0.15) is 5.06 Å². The van der Waals surface area contributed by atoms with Gasteiger partial charge in [0, 0.05) is 13.5 Å². The molecular weight excluding hydrogens is 236 g/mol. The lowest BCUT2D eigenvalue weighted by Gasteiger charge is -2.22. The molecule has 1 saturated heterocycles. The summed E-state index contributed by atoms with van der Waals surface area (Å²) in [5, 5.41) is 3.49. The Balaban J connectivity index is 2.15. The van der Waals surface area contributed by atoms with E-state index in [1.807, 2.05) is 30.3 Å². The van der Waals surface area contributed by atoms with E-state index >= 15 is 0 Å². The third kappa shape index (κ3) is 2.60. The minimum atomic E-state index is -0.729. The number of benzene rings is 1. The first-order valence-electron chi connectivity index (χ1n) is 5.57. The number of hydrogen-bond donors (Lipinski definition) is 1. The molecule has 0 saturated carbocycles. The first-order valence-corrected chi connectivity index (χ1v) is 5.57. The van der Waals surface area contributed by atoms with Gasteiger partial charge in [0.2, 0.25) is 12.7 Å². The Kier molecular flexibility index (Phi) is 3.78. The second-order valence-corrected chi connectivity index (χ2v) is 3.80. The highest BCUT2D eigenvalue weighted by atomic mass is 16.9. The molecule has 2 rings (SSSR count). The van der Waals surface area contributed by atoms with Gasteiger partial charge in [0.15, 0.2) is 0 Å². The van der Waals surface area contributed by atoms with E-state index in [0.717, 1.165) is 10.6 Å². The lowest BCUT2D eigenvalue weighted by atomic mass is 10.1. The average molecular weight is 250 g/mol. The van der Waals surface area contributed by atoms with Crippen molar-refractivity contribution in [3.63, 3.8) is 0 Å². The van der Waals surface area contributed by atoms with Gasteiger partial charge in [-0.05, 0) is 5.56 Å². The highest BCUT2D eigenvalue weighted by Crippen LogP contribution is 2.15. The molecule has 0 spiro atoms. The van der Waals surface area contributed by atoms with Crippen LogP contribution in [0.5, 0.6) is 0 Å². The second-order valence-electron chi connectivity index (χ2n) is 3.80. The summed E-state index contributed by atoms with van der Waals surface area (Å²) in [5.74, 6) is -0.294. The van der Waals surface area contributed by atoms with Gasteiger partial charge in [0.05, 0.1) is 0 Å². The van der Waals surface area contributed by atoms with Crippen molar-refractivity contribution in [2.24, 2.45) is 0 Å². The van der Waals surface area contributed by atoms with Crippen molar-refractivity contribution in [2.75, 3.05) is 13.8 Å². The highest BCUT2D eigenvalue weighted by Gasteiger charge is 2.35. The fourth-order valence-electron chi connectivity index (χ4n) is 1.75. The topological polar surface area (TPSA) is 67.9 Å². The number of likely N-dealkylation sites (N-methyl/N-ethyl adjacent to an activating group) is 1. The van der Waals surface area contributed by atoms with Crippen molar-refractivity contribution in [1.29, 1.82) is 0 Å². The Morgan fingerprint density at radius 1 is 1.44 bits per heavy atom. The lowest BCUT2D eigenvalue weighted by Crippen LogP contribution is -2.47. The molecule has 0 bridgehead atoms. The number of amides is 2. The van der Waals surface area contributed by atoms with Crippen LogP contribution in [0.2, 0.25) is 0 Å². The van der Waals surface area contributed by atoms with Crippen LogP contribution in [0, 0.1) is 0 Å². The second kappa shape index (κ2) is 5.50. The Morgan fingerprint density at radius 2 is 2.17 bits per heavy atom. The smallest absolute Gasteiger partial charge is 0.418 e. The highest BCUT2D eigenvalue weighted by molar-refractivity contribution is 5.85. The summed E-state index contributed by atoms with van der Waals surface area (Å²) in [4.78, 5) is 28.3. The first kappa shape index (κ1) is 12.4. The molecule has 1 aliphatic rings. The maximum absolute atomic E-state index is 11.8. The minimum absolute atomic E-state index is 0.152. The number of nitrogens with one attached hydrogen (secondary N) is 1. The van der Waals surface area contributed by atoms with Crippen molar-refractivity contribution in [1.82, 2.24) is 10.4 Å². The fraction of sp³-hybridized carbons (Fsp3) is 0.333. The minimum Gasteiger partial charge on any atom is -0.418 e. The maximum Gasteiger partial charge on any atom is 0.437 e. The predicted molar refractivity (Wildman–Crippen MR) is 62.3 cm³/mol. The van der Waals surface area contributed by atoms with Gasteiger partial charge in [0.1, 0.15) is 6.04 Å². The van der Waals surface area contributed by atoms with Crippen LogP contribution in [-0.4, -0.2) is 36.9 Å². The number of hydroxylamine groups is 2. The molecule has 6 heteroatoms. The summed E-state index contributed by atoms with van der Waals surface area (Å²) in [7, 11) is 1.52. The van der Waals surface area contributed by atoms with Gasteiger partial charge >= 0.3 is 6.09 Å². The van der Waals surface area contributed by atoms with Crippen LogP contribution in [0.1, 0.15) is 5.56 Å². The van der Waals surface area contributed by atoms with Crippen molar-refractivity contribution < 1.29 is 19.2 Å². The Labute approximate surface area is 104 Å². The van der Waals surface area contributed by atoms with E-state index in [4.69, 9.17) is 4.84 Å². The molecule has 1 atom stereocenters. The maximum atomic E-state index is 11.8. The monoisotopic (exact) mass is 250 g/mol. The molecule has 6 nitrogen and oxygen atoms in total. The number of nitrogens with zero attached hydrogens (tertiary/aromatic N) is 1. The van der Waals surface area contributed by atoms with Crippen molar-refractivity contribution in [3.05, 3.63) is 35.9 Å². The van der Waals surface area contributed by atoms with Crippen LogP contribution >= 0.6 is 0 Å². The zero-order valence-electron chi connectivity index (χ0n) is 9.96. The Hall–Kier alpha value is -2.08. The lowest BCUT2D eigenvalue weighted by molar-refractivity contribution is -0.150. The quantitative estimate of drug-likeness (QED) is 0.853.